The highest BCUT2D eigenvalue weighted by Gasteiger charge is 2.21. The number of allylic oxidation sites excluding steroid dienone is 4. The molecule has 14 heavy (non-hydrogen) atoms. The summed E-state index contributed by atoms with van der Waals surface area (Å²) in [6.45, 7) is 5.95. The van der Waals surface area contributed by atoms with E-state index in [9.17, 15) is 4.79 Å². The number of hydrogen-bond acceptors (Lipinski definition) is 2. The van der Waals surface area contributed by atoms with Gasteiger partial charge in [0.1, 0.15) is 0 Å². The van der Waals surface area contributed by atoms with Crippen LogP contribution < -0.4 is 0 Å². The molecule has 0 spiro atoms. The summed E-state index contributed by atoms with van der Waals surface area (Å²) in [6, 6.07) is 0. The van der Waals surface area contributed by atoms with Crippen LogP contribution in [0.3, 0.4) is 0 Å². The van der Waals surface area contributed by atoms with E-state index in [-0.39, 0.29) is 11.7 Å². The molecule has 0 aromatic carbocycles. The third-order valence-electron chi connectivity index (χ3n) is 2.54. The Balaban J connectivity index is 2.81. The molecule has 2 nitrogen and oxygen atoms in total. The van der Waals surface area contributed by atoms with E-state index in [1.54, 1.807) is 7.11 Å². The van der Waals surface area contributed by atoms with Crippen molar-refractivity contribution < 1.29 is 9.53 Å². The molecule has 0 heterocycles. The summed E-state index contributed by atoms with van der Waals surface area (Å²) in [5.74, 6) is 1.63. The van der Waals surface area contributed by atoms with E-state index in [4.69, 9.17) is 4.74 Å². The van der Waals surface area contributed by atoms with Gasteiger partial charge in [0, 0.05) is 11.8 Å². The molecule has 0 saturated carbocycles. The van der Waals surface area contributed by atoms with Crippen LogP contribution in [0.15, 0.2) is 23.5 Å². The Morgan fingerprint density at radius 2 is 2.14 bits per heavy atom. The predicted molar refractivity (Wildman–Crippen MR) is 56.8 cm³/mol. The van der Waals surface area contributed by atoms with Crippen LogP contribution in [0.2, 0.25) is 0 Å². The first-order chi connectivity index (χ1) is 6.56. The van der Waals surface area contributed by atoms with E-state index >= 15 is 0 Å². The first kappa shape index (κ1) is 11.0. The molecular formula is C12H18O2. The highest BCUT2D eigenvalue weighted by Crippen LogP contribution is 2.26. The second-order valence-electron chi connectivity index (χ2n) is 4.09. The molecule has 1 aliphatic rings. The Labute approximate surface area is 85.6 Å². The zero-order valence-corrected chi connectivity index (χ0v) is 9.33. The fraction of sp³-hybridized carbons (Fsp3) is 0.583. The molecule has 0 bridgehead atoms. The van der Waals surface area contributed by atoms with Crippen molar-refractivity contribution in [1.82, 2.24) is 0 Å². The van der Waals surface area contributed by atoms with Crippen molar-refractivity contribution in [2.45, 2.75) is 27.2 Å². The standard InChI is InChI=1S/C12H18O2/c1-8(2)12(13)10-5-6-11(14-4)9(3)7-10/h5-6,8-9H,7H2,1-4H3. The molecule has 0 aliphatic heterocycles. The number of rotatable bonds is 3. The Morgan fingerprint density at radius 1 is 1.50 bits per heavy atom. The summed E-state index contributed by atoms with van der Waals surface area (Å²) in [5, 5.41) is 0. The van der Waals surface area contributed by atoms with Crippen LogP contribution in [-0.4, -0.2) is 12.9 Å². The van der Waals surface area contributed by atoms with Crippen molar-refractivity contribution in [3.63, 3.8) is 0 Å². The van der Waals surface area contributed by atoms with Crippen LogP contribution in [0, 0.1) is 11.8 Å². The fourth-order valence-corrected chi connectivity index (χ4v) is 1.67. The predicted octanol–water partition coefficient (Wildman–Crippen LogP) is 2.71. The largest absolute Gasteiger partial charge is 0.501 e. The smallest absolute Gasteiger partial charge is 0.161 e. The number of carbonyl (C=O) groups is 1. The lowest BCUT2D eigenvalue weighted by Gasteiger charge is -2.20. The average molecular weight is 194 g/mol. The number of ketones is 1. The van der Waals surface area contributed by atoms with Gasteiger partial charge in [-0.1, -0.05) is 26.8 Å². The van der Waals surface area contributed by atoms with Crippen LogP contribution in [0.25, 0.3) is 0 Å². The Morgan fingerprint density at radius 3 is 2.57 bits per heavy atom. The summed E-state index contributed by atoms with van der Waals surface area (Å²) in [6.07, 6.45) is 4.60. The molecule has 1 rings (SSSR count). The molecule has 0 aromatic heterocycles. The van der Waals surface area contributed by atoms with E-state index in [1.165, 1.54) is 0 Å². The van der Waals surface area contributed by atoms with E-state index in [0.29, 0.717) is 5.92 Å². The molecule has 0 radical (unpaired) electrons. The van der Waals surface area contributed by atoms with Gasteiger partial charge in [0.05, 0.1) is 12.9 Å². The molecule has 1 unspecified atom stereocenters. The second kappa shape index (κ2) is 4.45. The van der Waals surface area contributed by atoms with Crippen LogP contribution in [0.5, 0.6) is 0 Å². The lowest BCUT2D eigenvalue weighted by Crippen LogP contribution is -2.16. The quantitative estimate of drug-likeness (QED) is 0.690. The average Bonchev–Trinajstić information content (AvgIpc) is 2.16. The zero-order chi connectivity index (χ0) is 10.7. The van der Waals surface area contributed by atoms with Gasteiger partial charge in [-0.25, -0.2) is 0 Å². The van der Waals surface area contributed by atoms with E-state index in [2.05, 4.69) is 6.92 Å². The highest BCUT2D eigenvalue weighted by molar-refractivity contribution is 5.97. The van der Waals surface area contributed by atoms with Gasteiger partial charge in [0.15, 0.2) is 5.78 Å². The Kier molecular flexibility index (Phi) is 3.50. The topological polar surface area (TPSA) is 26.3 Å². The lowest BCUT2D eigenvalue weighted by atomic mass is 9.88. The molecule has 1 aliphatic carbocycles. The highest BCUT2D eigenvalue weighted by atomic mass is 16.5. The summed E-state index contributed by atoms with van der Waals surface area (Å²) in [7, 11) is 1.67. The van der Waals surface area contributed by atoms with Gasteiger partial charge in [-0.2, -0.15) is 0 Å². The van der Waals surface area contributed by atoms with Gasteiger partial charge in [-0.3, -0.25) is 4.79 Å². The number of carbonyl (C=O) groups excluding carboxylic acids is 1. The monoisotopic (exact) mass is 194 g/mol. The molecule has 0 amide bonds. The maximum atomic E-state index is 11.7. The maximum absolute atomic E-state index is 11.7. The maximum Gasteiger partial charge on any atom is 0.161 e. The van der Waals surface area contributed by atoms with Gasteiger partial charge >= 0.3 is 0 Å². The van der Waals surface area contributed by atoms with Crippen LogP contribution in [0.1, 0.15) is 27.2 Å². The number of methoxy groups -OCH3 is 1. The van der Waals surface area contributed by atoms with E-state index < -0.39 is 0 Å². The number of hydrogen-bond donors (Lipinski definition) is 0. The van der Waals surface area contributed by atoms with Crippen molar-refractivity contribution in [1.29, 1.82) is 0 Å². The van der Waals surface area contributed by atoms with Crippen LogP contribution in [0.4, 0.5) is 0 Å². The van der Waals surface area contributed by atoms with Crippen molar-refractivity contribution in [3.05, 3.63) is 23.5 Å². The summed E-state index contributed by atoms with van der Waals surface area (Å²) in [5.41, 5.74) is 0.924. The summed E-state index contributed by atoms with van der Waals surface area (Å²) >= 11 is 0. The molecule has 1 atom stereocenters. The van der Waals surface area contributed by atoms with Crippen molar-refractivity contribution in [3.8, 4) is 0 Å². The molecule has 0 N–H and O–H groups in total. The zero-order valence-electron chi connectivity index (χ0n) is 9.33. The Hall–Kier alpha value is -1.05. The summed E-state index contributed by atoms with van der Waals surface area (Å²) < 4.78 is 5.20. The minimum atomic E-state index is 0.0888. The SMILES string of the molecule is COC1=CC=C(C(=O)C(C)C)CC1C. The van der Waals surface area contributed by atoms with Crippen molar-refractivity contribution in [2.24, 2.45) is 11.8 Å². The second-order valence-corrected chi connectivity index (χ2v) is 4.09. The van der Waals surface area contributed by atoms with Gasteiger partial charge in [-0.15, -0.1) is 0 Å². The molecule has 0 fully saturated rings. The van der Waals surface area contributed by atoms with E-state index in [1.807, 2.05) is 26.0 Å². The first-order valence-electron chi connectivity index (χ1n) is 5.05. The van der Waals surface area contributed by atoms with Crippen LogP contribution >= 0.6 is 0 Å². The number of ether oxygens (including phenoxy) is 1. The van der Waals surface area contributed by atoms with Gasteiger partial charge in [-0.05, 0) is 18.1 Å². The molecule has 0 aromatic rings. The van der Waals surface area contributed by atoms with Crippen molar-refractivity contribution in [2.75, 3.05) is 7.11 Å². The minimum Gasteiger partial charge on any atom is -0.501 e. The molecular weight excluding hydrogens is 176 g/mol. The minimum absolute atomic E-state index is 0.0888. The van der Waals surface area contributed by atoms with Gasteiger partial charge in [0.25, 0.3) is 0 Å². The van der Waals surface area contributed by atoms with Gasteiger partial charge < -0.3 is 4.74 Å². The number of Topliss-reactive ketones (excluding diaryl/α,β-unsaturated/α-hetero) is 1. The lowest BCUT2D eigenvalue weighted by molar-refractivity contribution is -0.118. The fourth-order valence-electron chi connectivity index (χ4n) is 1.67. The molecule has 2 heteroatoms. The molecule has 78 valence electrons. The van der Waals surface area contributed by atoms with Gasteiger partial charge in [0.2, 0.25) is 0 Å². The third-order valence-corrected chi connectivity index (χ3v) is 2.54. The summed E-state index contributed by atoms with van der Waals surface area (Å²) in [4.78, 5) is 11.7. The third kappa shape index (κ3) is 2.25. The van der Waals surface area contributed by atoms with Crippen LogP contribution in [-0.2, 0) is 9.53 Å². The Bertz CT molecular complexity index is 285. The van der Waals surface area contributed by atoms with E-state index in [0.717, 1.165) is 17.8 Å². The van der Waals surface area contributed by atoms with Crippen molar-refractivity contribution >= 4 is 5.78 Å². The normalized spacial score (nSPS) is 21.6. The molecule has 0 saturated heterocycles. The first-order valence-corrected chi connectivity index (χ1v) is 5.05.